The van der Waals surface area contributed by atoms with Gasteiger partial charge in [0.05, 0.1) is 23.1 Å². The first-order valence-electron chi connectivity index (χ1n) is 8.25. The monoisotopic (exact) mass is 411 g/mol. The molecule has 3 aromatic rings. The number of rotatable bonds is 5. The smallest absolute Gasteiger partial charge is 0.405 e. The van der Waals surface area contributed by atoms with E-state index in [1.807, 2.05) is 5.32 Å². The third-order valence-electron chi connectivity index (χ3n) is 4.25. The normalized spacial score (nSPS) is 15.4. The third-order valence-corrected chi connectivity index (χ3v) is 4.46. The lowest BCUT2D eigenvalue weighted by molar-refractivity contribution is -0.143. The molecule has 4 rings (SSSR count). The molecule has 0 unspecified atom stereocenters. The Hall–Kier alpha value is -2.88. The van der Waals surface area contributed by atoms with E-state index < -0.39 is 24.2 Å². The third kappa shape index (κ3) is 3.72. The van der Waals surface area contributed by atoms with E-state index in [0.717, 1.165) is 5.39 Å². The Labute approximate surface area is 161 Å². The standard InChI is InChI=1S/C17H13ClF3N5O2/c18-9-3-10-11(5-24-14(10)23-4-9)12-6-22-7-13(26-12)28-16(1-2-16)15(27)25-8-17(19,20)21/h3-7H,1-2,8H2,(H,23,24)(H,25,27). The molecule has 1 saturated carbocycles. The van der Waals surface area contributed by atoms with Gasteiger partial charge in [0.15, 0.2) is 5.60 Å². The minimum Gasteiger partial charge on any atom is -0.460 e. The summed E-state index contributed by atoms with van der Waals surface area (Å²) < 4.78 is 42.6. The van der Waals surface area contributed by atoms with Crippen molar-refractivity contribution >= 4 is 28.5 Å². The number of halogens is 4. The molecule has 0 aromatic carbocycles. The first kappa shape index (κ1) is 18.5. The van der Waals surface area contributed by atoms with E-state index >= 15 is 0 Å². The predicted molar refractivity (Wildman–Crippen MR) is 93.8 cm³/mol. The molecular formula is C17H13ClF3N5O2. The van der Waals surface area contributed by atoms with Crippen molar-refractivity contribution in [2.75, 3.05) is 6.54 Å². The molecule has 0 bridgehead atoms. The summed E-state index contributed by atoms with van der Waals surface area (Å²) in [6.07, 6.45) is 2.11. The van der Waals surface area contributed by atoms with Crippen LogP contribution in [0.5, 0.6) is 5.88 Å². The van der Waals surface area contributed by atoms with Crippen LogP contribution in [-0.2, 0) is 4.79 Å². The quantitative estimate of drug-likeness (QED) is 0.672. The fraction of sp³-hybridized carbons (Fsp3) is 0.294. The molecule has 0 spiro atoms. The first-order valence-corrected chi connectivity index (χ1v) is 8.63. The van der Waals surface area contributed by atoms with Gasteiger partial charge < -0.3 is 15.0 Å². The summed E-state index contributed by atoms with van der Waals surface area (Å²) in [5, 5.41) is 3.03. The Morgan fingerprint density at radius 2 is 2.11 bits per heavy atom. The van der Waals surface area contributed by atoms with Crippen molar-refractivity contribution in [3.63, 3.8) is 0 Å². The summed E-state index contributed by atoms with van der Waals surface area (Å²) in [5.74, 6) is -0.776. The maximum atomic E-state index is 12.3. The lowest BCUT2D eigenvalue weighted by atomic mass is 10.2. The van der Waals surface area contributed by atoms with E-state index in [0.29, 0.717) is 34.8 Å². The van der Waals surface area contributed by atoms with Crippen molar-refractivity contribution < 1.29 is 22.7 Å². The number of ether oxygens (including phenoxy) is 1. The maximum absolute atomic E-state index is 12.3. The number of pyridine rings is 1. The molecule has 11 heteroatoms. The molecule has 1 aliphatic rings. The van der Waals surface area contributed by atoms with Crippen LogP contribution in [0.4, 0.5) is 13.2 Å². The molecule has 1 fully saturated rings. The molecule has 0 aliphatic heterocycles. The summed E-state index contributed by atoms with van der Waals surface area (Å²) in [7, 11) is 0. The topological polar surface area (TPSA) is 92.8 Å². The number of fused-ring (bicyclic) bond motifs is 1. The number of carbonyl (C=O) groups is 1. The number of carbonyl (C=O) groups excluding carboxylic acids is 1. The van der Waals surface area contributed by atoms with Gasteiger partial charge in [-0.15, -0.1) is 0 Å². The summed E-state index contributed by atoms with van der Waals surface area (Å²) in [4.78, 5) is 27.6. The number of aromatic amines is 1. The number of nitrogens with zero attached hydrogens (tertiary/aromatic N) is 3. The van der Waals surface area contributed by atoms with Gasteiger partial charge in [0.1, 0.15) is 12.2 Å². The van der Waals surface area contributed by atoms with Crippen LogP contribution in [0.25, 0.3) is 22.3 Å². The number of hydrogen-bond acceptors (Lipinski definition) is 5. The maximum Gasteiger partial charge on any atom is 0.405 e. The molecule has 0 saturated heterocycles. The zero-order chi connectivity index (χ0) is 19.9. The van der Waals surface area contributed by atoms with Gasteiger partial charge in [-0.1, -0.05) is 11.6 Å². The van der Waals surface area contributed by atoms with Gasteiger partial charge in [0.2, 0.25) is 5.88 Å². The average Bonchev–Trinajstić information content (AvgIpc) is 3.30. The SMILES string of the molecule is O=C(NCC(F)(F)F)C1(Oc2cncc(-c3c[nH]c4ncc(Cl)cc34)n2)CC1. The van der Waals surface area contributed by atoms with Crippen LogP contribution in [0.15, 0.2) is 30.9 Å². The second-order valence-corrected chi connectivity index (χ2v) is 6.83. The van der Waals surface area contributed by atoms with E-state index in [9.17, 15) is 18.0 Å². The van der Waals surface area contributed by atoms with Crippen LogP contribution in [-0.4, -0.2) is 44.2 Å². The van der Waals surface area contributed by atoms with E-state index in [1.54, 1.807) is 12.3 Å². The lowest BCUT2D eigenvalue weighted by Gasteiger charge is -2.17. The molecule has 1 aliphatic carbocycles. The second kappa shape index (κ2) is 6.62. The zero-order valence-corrected chi connectivity index (χ0v) is 14.9. The van der Waals surface area contributed by atoms with Gasteiger partial charge in [-0.25, -0.2) is 9.97 Å². The first-order chi connectivity index (χ1) is 13.3. The van der Waals surface area contributed by atoms with Crippen LogP contribution in [0, 0.1) is 0 Å². The van der Waals surface area contributed by atoms with Gasteiger partial charge in [-0.05, 0) is 6.07 Å². The van der Waals surface area contributed by atoms with E-state index in [1.165, 1.54) is 18.6 Å². The largest absolute Gasteiger partial charge is 0.460 e. The van der Waals surface area contributed by atoms with Crippen molar-refractivity contribution in [1.82, 2.24) is 25.3 Å². The Bertz CT molecular complexity index is 1050. The minimum atomic E-state index is -4.49. The summed E-state index contributed by atoms with van der Waals surface area (Å²) >= 11 is 6.00. The number of H-pyrrole nitrogens is 1. The van der Waals surface area contributed by atoms with Crippen LogP contribution < -0.4 is 10.1 Å². The van der Waals surface area contributed by atoms with E-state index in [2.05, 4.69) is 19.9 Å². The highest BCUT2D eigenvalue weighted by Gasteiger charge is 2.54. The molecule has 3 heterocycles. The van der Waals surface area contributed by atoms with Crippen LogP contribution in [0.3, 0.4) is 0 Å². The Morgan fingerprint density at radius 3 is 2.82 bits per heavy atom. The number of aromatic nitrogens is 4. The zero-order valence-electron chi connectivity index (χ0n) is 14.2. The van der Waals surface area contributed by atoms with E-state index in [-0.39, 0.29) is 5.88 Å². The molecule has 28 heavy (non-hydrogen) atoms. The van der Waals surface area contributed by atoms with Crippen LogP contribution in [0.2, 0.25) is 5.02 Å². The second-order valence-electron chi connectivity index (χ2n) is 6.39. The van der Waals surface area contributed by atoms with Crippen LogP contribution >= 0.6 is 11.6 Å². The molecule has 3 aromatic heterocycles. The summed E-state index contributed by atoms with van der Waals surface area (Å²) in [6.45, 7) is -1.41. The highest BCUT2D eigenvalue weighted by Crippen LogP contribution is 2.40. The highest BCUT2D eigenvalue weighted by molar-refractivity contribution is 6.31. The molecule has 1 amide bonds. The Kier molecular flexibility index (Phi) is 4.37. The number of alkyl halides is 3. The van der Waals surface area contributed by atoms with E-state index in [4.69, 9.17) is 16.3 Å². The molecule has 7 nitrogen and oxygen atoms in total. The minimum absolute atomic E-state index is 0.0431. The van der Waals surface area contributed by atoms with Crippen molar-refractivity contribution in [3.8, 4) is 17.1 Å². The molecule has 0 atom stereocenters. The van der Waals surface area contributed by atoms with Crippen molar-refractivity contribution in [2.24, 2.45) is 0 Å². The lowest BCUT2D eigenvalue weighted by Crippen LogP contribution is -2.44. The van der Waals surface area contributed by atoms with Gasteiger partial charge >= 0.3 is 6.18 Å². The van der Waals surface area contributed by atoms with Gasteiger partial charge in [0.25, 0.3) is 5.91 Å². The molecule has 0 radical (unpaired) electrons. The summed E-state index contributed by atoms with van der Waals surface area (Å²) in [6, 6.07) is 1.72. The van der Waals surface area contributed by atoms with Crippen molar-refractivity contribution in [3.05, 3.63) is 35.9 Å². The number of amides is 1. The van der Waals surface area contributed by atoms with Crippen molar-refractivity contribution in [1.29, 1.82) is 0 Å². The van der Waals surface area contributed by atoms with Crippen LogP contribution in [0.1, 0.15) is 12.8 Å². The Morgan fingerprint density at radius 1 is 1.32 bits per heavy atom. The highest BCUT2D eigenvalue weighted by atomic mass is 35.5. The predicted octanol–water partition coefficient (Wildman–Crippen LogP) is 3.26. The van der Waals surface area contributed by atoms with Crippen molar-refractivity contribution in [2.45, 2.75) is 24.6 Å². The Balaban J connectivity index is 1.56. The molecule has 146 valence electrons. The van der Waals surface area contributed by atoms with Gasteiger partial charge in [0, 0.05) is 36.2 Å². The average molecular weight is 412 g/mol. The summed E-state index contributed by atoms with van der Waals surface area (Å²) in [5.41, 5.74) is 0.384. The van der Waals surface area contributed by atoms with Gasteiger partial charge in [-0.3, -0.25) is 9.78 Å². The molecule has 2 N–H and O–H groups in total. The number of hydrogen-bond donors (Lipinski definition) is 2. The number of nitrogens with one attached hydrogen (secondary N) is 2. The molecular weight excluding hydrogens is 399 g/mol. The van der Waals surface area contributed by atoms with Gasteiger partial charge in [-0.2, -0.15) is 13.2 Å². The fourth-order valence-corrected chi connectivity index (χ4v) is 2.91. The fourth-order valence-electron chi connectivity index (χ4n) is 2.75.